The average Bonchev–Trinajstić information content (AvgIpc) is 2.64. The first-order valence-corrected chi connectivity index (χ1v) is 11.0. The van der Waals surface area contributed by atoms with Crippen molar-refractivity contribution in [2.45, 2.75) is 63.3 Å². The van der Waals surface area contributed by atoms with Crippen LogP contribution < -0.4 is 5.32 Å². The van der Waals surface area contributed by atoms with Gasteiger partial charge < -0.3 is 10.2 Å². The van der Waals surface area contributed by atoms with Gasteiger partial charge in [0.15, 0.2) is 0 Å². The predicted molar refractivity (Wildman–Crippen MR) is 111 cm³/mol. The SMILES string of the molecule is CCc1ccc(CN(C)C(=O)CNC(=O)C23C[C@@H]4C[C@@H](CC(Cl)(C4)C2)C3)cc1. The van der Waals surface area contributed by atoms with Gasteiger partial charge in [-0.3, -0.25) is 9.59 Å². The lowest BCUT2D eigenvalue weighted by Crippen LogP contribution is -2.59. The molecular formula is C23H31ClN2O2. The molecule has 152 valence electrons. The maximum Gasteiger partial charge on any atom is 0.242 e. The summed E-state index contributed by atoms with van der Waals surface area (Å²) in [4.78, 5) is 27.1. The maximum absolute atomic E-state index is 13.1. The number of nitrogens with one attached hydrogen (secondary N) is 1. The molecule has 4 aliphatic rings. The van der Waals surface area contributed by atoms with Gasteiger partial charge in [-0.05, 0) is 67.9 Å². The normalized spacial score (nSPS) is 33.0. The standard InChI is InChI=1S/C23H31ClN2O2/c1-3-16-4-6-17(7-5-16)14-26(2)20(27)13-25-21(28)22-9-18-8-19(10-22)12-23(24,11-18)15-22/h4-7,18-19H,3,8-15H2,1-2H3,(H,25,28)/t18-,19+,22?,23?. The molecule has 1 aromatic rings. The second kappa shape index (κ2) is 7.37. The fourth-order valence-corrected chi connectivity index (χ4v) is 6.83. The second-order valence-corrected chi connectivity index (χ2v) is 10.3. The Hall–Kier alpha value is -1.55. The van der Waals surface area contributed by atoms with Crippen LogP contribution in [0.25, 0.3) is 0 Å². The predicted octanol–water partition coefficient (Wildman–Crippen LogP) is 3.90. The van der Waals surface area contributed by atoms with Crippen LogP contribution in [-0.4, -0.2) is 35.2 Å². The number of carbonyl (C=O) groups excluding carboxylic acids is 2. The molecule has 0 spiro atoms. The highest BCUT2D eigenvalue weighted by atomic mass is 35.5. The van der Waals surface area contributed by atoms with E-state index in [-0.39, 0.29) is 28.6 Å². The summed E-state index contributed by atoms with van der Waals surface area (Å²) in [6.07, 6.45) is 7.00. The molecule has 4 nitrogen and oxygen atoms in total. The van der Waals surface area contributed by atoms with E-state index >= 15 is 0 Å². The molecule has 4 saturated carbocycles. The van der Waals surface area contributed by atoms with Gasteiger partial charge in [-0.15, -0.1) is 11.6 Å². The largest absolute Gasteiger partial charge is 0.347 e. The highest BCUT2D eigenvalue weighted by Gasteiger charge is 2.60. The minimum Gasteiger partial charge on any atom is -0.347 e. The number of alkyl halides is 1. The molecule has 0 aromatic heterocycles. The number of amides is 2. The molecule has 2 unspecified atom stereocenters. The molecule has 2 amide bonds. The highest BCUT2D eigenvalue weighted by molar-refractivity contribution is 6.24. The van der Waals surface area contributed by atoms with Crippen molar-refractivity contribution in [3.05, 3.63) is 35.4 Å². The molecule has 4 bridgehead atoms. The summed E-state index contributed by atoms with van der Waals surface area (Å²) in [5.41, 5.74) is 2.04. The second-order valence-electron chi connectivity index (χ2n) is 9.49. The van der Waals surface area contributed by atoms with Crippen molar-refractivity contribution >= 4 is 23.4 Å². The average molecular weight is 403 g/mol. The Bertz CT molecular complexity index is 746. The van der Waals surface area contributed by atoms with E-state index in [0.717, 1.165) is 44.1 Å². The number of benzene rings is 1. The van der Waals surface area contributed by atoms with Gasteiger partial charge in [0.2, 0.25) is 11.8 Å². The zero-order valence-corrected chi connectivity index (χ0v) is 17.7. The van der Waals surface area contributed by atoms with Gasteiger partial charge in [-0.25, -0.2) is 0 Å². The smallest absolute Gasteiger partial charge is 0.242 e. The lowest BCUT2D eigenvalue weighted by Gasteiger charge is -2.59. The zero-order valence-electron chi connectivity index (χ0n) is 17.0. The van der Waals surface area contributed by atoms with Gasteiger partial charge >= 0.3 is 0 Å². The lowest BCUT2D eigenvalue weighted by molar-refractivity contribution is -0.146. The van der Waals surface area contributed by atoms with Crippen molar-refractivity contribution in [3.63, 3.8) is 0 Å². The van der Waals surface area contributed by atoms with Gasteiger partial charge in [-0.2, -0.15) is 0 Å². The van der Waals surface area contributed by atoms with E-state index in [4.69, 9.17) is 11.6 Å². The molecule has 0 radical (unpaired) electrons. The molecule has 28 heavy (non-hydrogen) atoms. The first-order valence-electron chi connectivity index (χ1n) is 10.6. The zero-order chi connectivity index (χ0) is 19.9. The molecule has 0 saturated heterocycles. The minimum absolute atomic E-state index is 0.0423. The fourth-order valence-electron chi connectivity index (χ4n) is 6.14. The number of aryl methyl sites for hydroxylation is 1. The minimum atomic E-state index is -0.347. The Balaban J connectivity index is 1.32. The Morgan fingerprint density at radius 1 is 1.11 bits per heavy atom. The van der Waals surface area contributed by atoms with Crippen molar-refractivity contribution in [1.29, 1.82) is 0 Å². The van der Waals surface area contributed by atoms with Crippen LogP contribution in [0.4, 0.5) is 0 Å². The Kier molecular flexibility index (Phi) is 5.20. The summed E-state index contributed by atoms with van der Waals surface area (Å²) in [6, 6.07) is 8.34. The molecule has 0 heterocycles. The third-order valence-corrected chi connectivity index (χ3v) is 7.59. The van der Waals surface area contributed by atoms with Gasteiger partial charge in [0, 0.05) is 18.5 Å². The van der Waals surface area contributed by atoms with Crippen LogP contribution in [0.3, 0.4) is 0 Å². The number of hydrogen-bond acceptors (Lipinski definition) is 2. The summed E-state index contributed by atoms with van der Waals surface area (Å²) in [5, 5.41) is 2.95. The van der Waals surface area contributed by atoms with Gasteiger partial charge in [0.05, 0.1) is 12.0 Å². The summed E-state index contributed by atoms with van der Waals surface area (Å²) in [6.45, 7) is 2.75. The molecule has 4 fully saturated rings. The fraction of sp³-hybridized carbons (Fsp3) is 0.652. The van der Waals surface area contributed by atoms with Crippen molar-refractivity contribution < 1.29 is 9.59 Å². The number of likely N-dealkylation sites (N-methyl/N-ethyl adjacent to an activating group) is 1. The van der Waals surface area contributed by atoms with E-state index in [1.807, 2.05) is 0 Å². The van der Waals surface area contributed by atoms with Gasteiger partial charge in [-0.1, -0.05) is 31.2 Å². The van der Waals surface area contributed by atoms with Crippen LogP contribution >= 0.6 is 11.6 Å². The highest BCUT2D eigenvalue weighted by Crippen LogP contribution is 2.63. The number of halogens is 1. The molecular weight excluding hydrogens is 372 g/mol. The van der Waals surface area contributed by atoms with E-state index < -0.39 is 0 Å². The Labute approximate surface area is 173 Å². The first-order chi connectivity index (χ1) is 13.3. The van der Waals surface area contributed by atoms with E-state index in [1.54, 1.807) is 11.9 Å². The van der Waals surface area contributed by atoms with Crippen molar-refractivity contribution in [2.75, 3.05) is 13.6 Å². The molecule has 5 heteroatoms. The molecule has 1 aromatic carbocycles. The van der Waals surface area contributed by atoms with Crippen molar-refractivity contribution in [3.8, 4) is 0 Å². The van der Waals surface area contributed by atoms with Gasteiger partial charge in [0.1, 0.15) is 0 Å². The van der Waals surface area contributed by atoms with Crippen LogP contribution in [-0.2, 0) is 22.6 Å². The van der Waals surface area contributed by atoms with Crippen LogP contribution in [0.15, 0.2) is 24.3 Å². The first kappa shape index (κ1) is 19.8. The molecule has 1 N–H and O–H groups in total. The van der Waals surface area contributed by atoms with E-state index in [9.17, 15) is 9.59 Å². The monoisotopic (exact) mass is 402 g/mol. The summed E-state index contributed by atoms with van der Waals surface area (Å²) >= 11 is 6.83. The van der Waals surface area contributed by atoms with Crippen LogP contribution in [0.1, 0.15) is 56.6 Å². The number of rotatable bonds is 6. The summed E-state index contributed by atoms with van der Waals surface area (Å²) < 4.78 is 0. The van der Waals surface area contributed by atoms with E-state index in [0.29, 0.717) is 18.4 Å². The van der Waals surface area contributed by atoms with Gasteiger partial charge in [0.25, 0.3) is 0 Å². The molecule has 0 aliphatic heterocycles. The van der Waals surface area contributed by atoms with E-state index in [1.165, 1.54) is 12.0 Å². The quantitative estimate of drug-likeness (QED) is 0.733. The Morgan fingerprint density at radius 2 is 1.71 bits per heavy atom. The molecule has 4 atom stereocenters. The molecule has 5 rings (SSSR count). The topological polar surface area (TPSA) is 49.4 Å². The summed E-state index contributed by atoms with van der Waals surface area (Å²) in [7, 11) is 1.79. The third kappa shape index (κ3) is 3.80. The number of carbonyl (C=O) groups is 2. The maximum atomic E-state index is 13.1. The van der Waals surface area contributed by atoms with Crippen LogP contribution in [0, 0.1) is 17.3 Å². The third-order valence-electron chi connectivity index (χ3n) is 7.15. The molecule has 4 aliphatic carbocycles. The summed E-state index contributed by atoms with van der Waals surface area (Å²) in [5.74, 6) is 1.14. The number of nitrogens with zero attached hydrogens (tertiary/aromatic N) is 1. The Morgan fingerprint density at radius 3 is 2.29 bits per heavy atom. The van der Waals surface area contributed by atoms with E-state index in [2.05, 4.69) is 36.5 Å². The van der Waals surface area contributed by atoms with Crippen LogP contribution in [0.5, 0.6) is 0 Å². The lowest BCUT2D eigenvalue weighted by atomic mass is 9.49. The number of hydrogen-bond donors (Lipinski definition) is 1. The van der Waals surface area contributed by atoms with Crippen LogP contribution in [0.2, 0.25) is 0 Å². The van der Waals surface area contributed by atoms with Crippen molar-refractivity contribution in [1.82, 2.24) is 10.2 Å². The van der Waals surface area contributed by atoms with Crippen molar-refractivity contribution in [2.24, 2.45) is 17.3 Å².